The van der Waals surface area contributed by atoms with E-state index in [2.05, 4.69) is 41.7 Å². The maximum atomic E-state index is 10.8. The first-order chi connectivity index (χ1) is 11.1. The van der Waals surface area contributed by atoms with Gasteiger partial charge in [0.15, 0.2) is 0 Å². The van der Waals surface area contributed by atoms with Crippen molar-refractivity contribution in [2.24, 2.45) is 0 Å². The van der Waals surface area contributed by atoms with Crippen LogP contribution in [0.15, 0.2) is 32.5 Å². The topological polar surface area (TPSA) is 45.3 Å². The first-order valence-corrected chi connectivity index (χ1v) is 9.96. The van der Waals surface area contributed by atoms with Crippen molar-refractivity contribution in [2.45, 2.75) is 32.1 Å². The third-order valence-corrected chi connectivity index (χ3v) is 5.81. The monoisotopic (exact) mass is 459 g/mol. The van der Waals surface area contributed by atoms with E-state index in [9.17, 15) is 5.11 Å². The van der Waals surface area contributed by atoms with Gasteiger partial charge in [-0.2, -0.15) is 0 Å². The van der Waals surface area contributed by atoms with Gasteiger partial charge < -0.3 is 4.74 Å². The number of aromatic nitrogens is 1. The van der Waals surface area contributed by atoms with Crippen molar-refractivity contribution in [3.63, 3.8) is 0 Å². The number of hydrogen-bond acceptors (Lipinski definition) is 4. The van der Waals surface area contributed by atoms with Gasteiger partial charge in [0, 0.05) is 29.5 Å². The van der Waals surface area contributed by atoms with E-state index < -0.39 is 0 Å². The molecule has 0 aliphatic carbocycles. The molecule has 1 radical (unpaired) electrons. The summed E-state index contributed by atoms with van der Waals surface area (Å²) in [6.07, 6.45) is 2.25. The van der Waals surface area contributed by atoms with E-state index in [-0.39, 0.29) is 12.7 Å². The number of ether oxygens (including phenoxy) is 1. The number of hydrogen-bond donors (Lipinski definition) is 0. The van der Waals surface area contributed by atoms with Crippen LogP contribution >= 0.6 is 43.2 Å². The summed E-state index contributed by atoms with van der Waals surface area (Å²) in [5.41, 5.74) is 1.01. The number of thiazole rings is 1. The van der Waals surface area contributed by atoms with Crippen LogP contribution in [0.25, 0.3) is 0 Å². The average Bonchev–Trinajstić information content (AvgIpc) is 2.99. The highest BCUT2D eigenvalue weighted by atomic mass is 79.9. The molecule has 0 amide bonds. The Hall–Kier alpha value is -0.470. The van der Waals surface area contributed by atoms with Crippen LogP contribution in [-0.4, -0.2) is 29.1 Å². The minimum Gasteiger partial charge on any atom is -0.489 e. The predicted octanol–water partition coefficient (Wildman–Crippen LogP) is 4.64. The van der Waals surface area contributed by atoms with Gasteiger partial charge in [-0.15, -0.1) is 11.3 Å². The number of halogens is 2. The molecule has 1 aliphatic rings. The van der Waals surface area contributed by atoms with Gasteiger partial charge in [0.2, 0.25) is 0 Å². The Morgan fingerprint density at radius 3 is 2.74 bits per heavy atom. The predicted molar refractivity (Wildman–Crippen MR) is 97.3 cm³/mol. The van der Waals surface area contributed by atoms with Gasteiger partial charge in [0.1, 0.15) is 23.5 Å². The first-order valence-electron chi connectivity index (χ1n) is 7.49. The number of rotatable bonds is 5. The van der Waals surface area contributed by atoms with Crippen molar-refractivity contribution in [1.29, 1.82) is 0 Å². The first kappa shape index (κ1) is 17.4. The Morgan fingerprint density at radius 2 is 2.09 bits per heavy atom. The molecule has 1 aromatic carbocycles. The molecule has 1 saturated heterocycles. The molecule has 1 fully saturated rings. The Kier molecular flexibility index (Phi) is 6.09. The lowest BCUT2D eigenvalue weighted by molar-refractivity contribution is 0.0955. The molecule has 0 N–H and O–H groups in total. The van der Waals surface area contributed by atoms with Gasteiger partial charge in [0.05, 0.1) is 10.2 Å². The third kappa shape index (κ3) is 4.76. The molecule has 0 saturated carbocycles. The summed E-state index contributed by atoms with van der Waals surface area (Å²) in [6.45, 7) is 2.58. The summed E-state index contributed by atoms with van der Waals surface area (Å²) >= 11 is 8.45. The molecule has 1 aliphatic heterocycles. The smallest absolute Gasteiger partial charge is 0.134 e. The minimum atomic E-state index is -0.220. The highest BCUT2D eigenvalue weighted by Crippen LogP contribution is 2.30. The fourth-order valence-electron chi connectivity index (χ4n) is 2.65. The van der Waals surface area contributed by atoms with Gasteiger partial charge in [-0.1, -0.05) is 15.9 Å². The zero-order valence-corrected chi connectivity index (χ0v) is 16.5. The van der Waals surface area contributed by atoms with E-state index in [0.717, 1.165) is 52.9 Å². The van der Waals surface area contributed by atoms with Crippen LogP contribution in [0.5, 0.6) is 5.75 Å². The van der Waals surface area contributed by atoms with Crippen molar-refractivity contribution in [3.8, 4) is 5.75 Å². The third-order valence-electron chi connectivity index (χ3n) is 3.83. The SMILES string of the molecule is [O]Cc1nc(CN2CCC(Oc3ccc(Br)cc3Br)CC2)cs1. The molecule has 2 heterocycles. The molecule has 4 nitrogen and oxygen atoms in total. The number of nitrogens with zero attached hydrogens (tertiary/aromatic N) is 2. The van der Waals surface area contributed by atoms with E-state index in [0.29, 0.717) is 5.01 Å². The number of piperidine rings is 1. The molecule has 0 atom stereocenters. The van der Waals surface area contributed by atoms with E-state index in [1.807, 2.05) is 23.6 Å². The Morgan fingerprint density at radius 1 is 1.30 bits per heavy atom. The van der Waals surface area contributed by atoms with Gasteiger partial charge in [0.25, 0.3) is 0 Å². The Balaban J connectivity index is 1.50. The van der Waals surface area contributed by atoms with Crippen molar-refractivity contribution in [1.82, 2.24) is 9.88 Å². The van der Waals surface area contributed by atoms with Gasteiger partial charge in [-0.05, 0) is 47.0 Å². The molecule has 123 valence electrons. The fourth-order valence-corrected chi connectivity index (χ4v) is 4.43. The van der Waals surface area contributed by atoms with Gasteiger partial charge in [-0.3, -0.25) is 4.90 Å². The van der Waals surface area contributed by atoms with E-state index >= 15 is 0 Å². The summed E-state index contributed by atoms with van der Waals surface area (Å²) in [5, 5.41) is 13.5. The van der Waals surface area contributed by atoms with Crippen LogP contribution in [0.3, 0.4) is 0 Å². The van der Waals surface area contributed by atoms with Crippen LogP contribution in [-0.2, 0) is 18.3 Å². The molecular weight excluding hydrogens is 444 g/mol. The molecule has 0 spiro atoms. The van der Waals surface area contributed by atoms with E-state index in [1.54, 1.807) is 0 Å². The van der Waals surface area contributed by atoms with Crippen LogP contribution in [0.1, 0.15) is 23.5 Å². The average molecular weight is 461 g/mol. The van der Waals surface area contributed by atoms with Crippen molar-refractivity contribution in [3.05, 3.63) is 43.2 Å². The second kappa shape index (κ2) is 8.07. The highest BCUT2D eigenvalue weighted by molar-refractivity contribution is 9.11. The van der Waals surface area contributed by atoms with Crippen LogP contribution in [0, 0.1) is 0 Å². The zero-order valence-electron chi connectivity index (χ0n) is 12.5. The number of benzene rings is 1. The lowest BCUT2D eigenvalue weighted by atomic mass is 10.1. The Labute approximate surface area is 156 Å². The molecule has 2 aromatic rings. The quantitative estimate of drug-likeness (QED) is 0.652. The summed E-state index contributed by atoms with van der Waals surface area (Å²) in [6, 6.07) is 5.98. The summed E-state index contributed by atoms with van der Waals surface area (Å²) < 4.78 is 8.12. The molecule has 0 bridgehead atoms. The second-order valence-electron chi connectivity index (χ2n) is 5.55. The van der Waals surface area contributed by atoms with Gasteiger partial charge in [-0.25, -0.2) is 10.1 Å². The Bertz CT molecular complexity index is 657. The van der Waals surface area contributed by atoms with Crippen LogP contribution in [0.4, 0.5) is 0 Å². The number of likely N-dealkylation sites (tertiary alicyclic amines) is 1. The maximum absolute atomic E-state index is 10.8. The minimum absolute atomic E-state index is 0.220. The molecule has 23 heavy (non-hydrogen) atoms. The van der Waals surface area contributed by atoms with E-state index in [4.69, 9.17) is 4.74 Å². The lowest BCUT2D eigenvalue weighted by Gasteiger charge is -2.31. The van der Waals surface area contributed by atoms with Crippen molar-refractivity contribution < 1.29 is 9.84 Å². The fraction of sp³-hybridized carbons (Fsp3) is 0.438. The normalized spacial score (nSPS) is 16.7. The summed E-state index contributed by atoms with van der Waals surface area (Å²) in [4.78, 5) is 6.73. The summed E-state index contributed by atoms with van der Waals surface area (Å²) in [5.74, 6) is 0.895. The largest absolute Gasteiger partial charge is 0.489 e. The van der Waals surface area contributed by atoms with E-state index in [1.165, 1.54) is 11.3 Å². The standard InChI is InChI=1S/C16H17Br2N2O2S/c17-11-1-2-15(14(18)7-11)22-13-3-5-20(6-4-13)8-12-10-23-16(9-21)19-12/h1-2,7,10,13H,3-6,8-9H2. The van der Waals surface area contributed by atoms with Crippen molar-refractivity contribution >= 4 is 43.2 Å². The second-order valence-corrected chi connectivity index (χ2v) is 8.26. The molecule has 3 rings (SSSR count). The lowest BCUT2D eigenvalue weighted by Crippen LogP contribution is -2.37. The van der Waals surface area contributed by atoms with Crippen LogP contribution < -0.4 is 4.74 Å². The highest BCUT2D eigenvalue weighted by Gasteiger charge is 2.22. The maximum Gasteiger partial charge on any atom is 0.134 e. The molecule has 7 heteroatoms. The molecule has 1 aromatic heterocycles. The molecule has 0 unspecified atom stereocenters. The van der Waals surface area contributed by atoms with Crippen LogP contribution in [0.2, 0.25) is 0 Å². The van der Waals surface area contributed by atoms with Gasteiger partial charge >= 0.3 is 0 Å². The summed E-state index contributed by atoms with van der Waals surface area (Å²) in [7, 11) is 0. The zero-order chi connectivity index (χ0) is 16.2. The van der Waals surface area contributed by atoms with Crippen molar-refractivity contribution in [2.75, 3.05) is 13.1 Å². The molecular formula is C16H17Br2N2O2S.